The topological polar surface area (TPSA) is 74.1 Å². The Balaban J connectivity index is 1.49. The summed E-state index contributed by atoms with van der Waals surface area (Å²) in [6, 6.07) is 10.2. The number of amides is 1. The van der Waals surface area contributed by atoms with E-state index in [1.807, 2.05) is 24.3 Å². The minimum Gasteiger partial charge on any atom is -0.497 e. The second-order valence-corrected chi connectivity index (χ2v) is 7.57. The molecule has 2 atom stereocenters. The quantitative estimate of drug-likeness (QED) is 0.886. The van der Waals surface area contributed by atoms with Crippen LogP contribution in [0.1, 0.15) is 33.9 Å². The van der Waals surface area contributed by atoms with Crippen LogP contribution < -0.4 is 15.4 Å². The maximum absolute atomic E-state index is 12.6. The Morgan fingerprint density at radius 2 is 2.36 bits per heavy atom. The number of methoxy groups -OCH3 is 1. The van der Waals surface area contributed by atoms with E-state index in [9.17, 15) is 10.1 Å². The van der Waals surface area contributed by atoms with E-state index in [0.717, 1.165) is 42.8 Å². The molecule has 2 aromatic rings. The van der Waals surface area contributed by atoms with Gasteiger partial charge < -0.3 is 15.4 Å². The van der Waals surface area contributed by atoms with E-state index in [1.165, 1.54) is 16.2 Å². The summed E-state index contributed by atoms with van der Waals surface area (Å²) < 4.78 is 5.26. The van der Waals surface area contributed by atoms with Crippen LogP contribution in [0.2, 0.25) is 0 Å². The Kier molecular flexibility index (Phi) is 4.20. The van der Waals surface area contributed by atoms with Gasteiger partial charge in [0.2, 0.25) is 5.91 Å². The molecule has 1 aliphatic carbocycles. The number of carbonyl (C=O) groups excluding carboxylic acids is 1. The van der Waals surface area contributed by atoms with Crippen molar-refractivity contribution in [3.05, 3.63) is 45.8 Å². The number of benzene rings is 1. The standard InChI is InChI=1S/C19H19N3O2S/c1-24-12-4-2-3-11(7-12)14-8-15(14)18(23)22-19-16(9-20)13-5-6-21-10-17(13)25-19/h2-4,7,14-15,21H,5-6,8,10H2,1H3,(H,22,23). The van der Waals surface area contributed by atoms with Crippen molar-refractivity contribution in [2.75, 3.05) is 19.0 Å². The Morgan fingerprint density at radius 1 is 1.48 bits per heavy atom. The molecule has 2 unspecified atom stereocenters. The molecule has 2 heterocycles. The lowest BCUT2D eigenvalue weighted by molar-refractivity contribution is -0.117. The number of hydrogen-bond acceptors (Lipinski definition) is 5. The van der Waals surface area contributed by atoms with E-state index in [0.29, 0.717) is 10.6 Å². The van der Waals surface area contributed by atoms with Gasteiger partial charge >= 0.3 is 0 Å². The molecule has 0 radical (unpaired) electrons. The summed E-state index contributed by atoms with van der Waals surface area (Å²) in [6.07, 6.45) is 1.69. The SMILES string of the molecule is COc1cccc(C2CC2C(=O)Nc2sc3c(c2C#N)CCNC3)c1. The predicted octanol–water partition coefficient (Wildman–Crippen LogP) is 3.02. The van der Waals surface area contributed by atoms with Gasteiger partial charge in [0.15, 0.2) is 0 Å². The van der Waals surface area contributed by atoms with E-state index >= 15 is 0 Å². The van der Waals surface area contributed by atoms with Crippen molar-refractivity contribution in [1.29, 1.82) is 5.26 Å². The van der Waals surface area contributed by atoms with Gasteiger partial charge in [0, 0.05) is 17.3 Å². The van der Waals surface area contributed by atoms with Crippen molar-refractivity contribution in [3.8, 4) is 11.8 Å². The third-order valence-electron chi connectivity index (χ3n) is 4.93. The largest absolute Gasteiger partial charge is 0.497 e. The van der Waals surface area contributed by atoms with E-state index in [2.05, 4.69) is 16.7 Å². The maximum atomic E-state index is 12.6. The zero-order valence-corrected chi connectivity index (χ0v) is 14.8. The van der Waals surface area contributed by atoms with Gasteiger partial charge in [-0.3, -0.25) is 4.79 Å². The molecule has 2 aliphatic rings. The first-order chi connectivity index (χ1) is 12.2. The minimum absolute atomic E-state index is 0.0101. The molecule has 5 nitrogen and oxygen atoms in total. The van der Waals surface area contributed by atoms with Gasteiger partial charge in [-0.15, -0.1) is 11.3 Å². The smallest absolute Gasteiger partial charge is 0.228 e. The van der Waals surface area contributed by atoms with Crippen LogP contribution in [-0.2, 0) is 17.8 Å². The number of hydrogen-bond donors (Lipinski definition) is 2. The highest BCUT2D eigenvalue weighted by atomic mass is 32.1. The van der Waals surface area contributed by atoms with Crippen LogP contribution in [-0.4, -0.2) is 19.6 Å². The summed E-state index contributed by atoms with van der Waals surface area (Å²) in [4.78, 5) is 13.8. The van der Waals surface area contributed by atoms with Crippen LogP contribution in [0, 0.1) is 17.2 Å². The predicted molar refractivity (Wildman–Crippen MR) is 96.9 cm³/mol. The van der Waals surface area contributed by atoms with Crippen molar-refractivity contribution in [3.63, 3.8) is 0 Å². The molecule has 0 spiro atoms. The molecular formula is C19H19N3O2S. The molecule has 1 aromatic heterocycles. The third kappa shape index (κ3) is 3.01. The van der Waals surface area contributed by atoms with Crippen molar-refractivity contribution in [2.45, 2.75) is 25.3 Å². The molecule has 4 rings (SSSR count). The second-order valence-electron chi connectivity index (χ2n) is 6.46. The number of fused-ring (bicyclic) bond motifs is 1. The van der Waals surface area contributed by atoms with Gasteiger partial charge in [-0.05, 0) is 48.6 Å². The summed E-state index contributed by atoms with van der Waals surface area (Å²) in [5.41, 5.74) is 2.88. The summed E-state index contributed by atoms with van der Waals surface area (Å²) in [7, 11) is 1.65. The van der Waals surface area contributed by atoms with Gasteiger partial charge in [0.05, 0.1) is 12.7 Å². The van der Waals surface area contributed by atoms with Crippen LogP contribution in [0.15, 0.2) is 24.3 Å². The Hall–Kier alpha value is -2.36. The van der Waals surface area contributed by atoms with Crippen molar-refractivity contribution < 1.29 is 9.53 Å². The summed E-state index contributed by atoms with van der Waals surface area (Å²) >= 11 is 1.53. The van der Waals surface area contributed by atoms with Crippen LogP contribution in [0.25, 0.3) is 0 Å². The molecule has 1 amide bonds. The van der Waals surface area contributed by atoms with Gasteiger partial charge in [0.1, 0.15) is 16.8 Å². The fourth-order valence-corrected chi connectivity index (χ4v) is 4.64. The normalized spacial score (nSPS) is 21.1. The Bertz CT molecular complexity index is 868. The van der Waals surface area contributed by atoms with Crippen molar-refractivity contribution in [1.82, 2.24) is 5.32 Å². The van der Waals surface area contributed by atoms with Gasteiger partial charge in [0.25, 0.3) is 0 Å². The van der Waals surface area contributed by atoms with Crippen LogP contribution >= 0.6 is 11.3 Å². The first-order valence-corrected chi connectivity index (χ1v) is 9.23. The number of ether oxygens (including phenoxy) is 1. The number of nitrogens with zero attached hydrogens (tertiary/aromatic N) is 1. The number of carbonyl (C=O) groups is 1. The molecule has 6 heteroatoms. The van der Waals surface area contributed by atoms with Gasteiger partial charge in [-0.1, -0.05) is 12.1 Å². The number of nitriles is 1. The molecule has 1 fully saturated rings. The van der Waals surface area contributed by atoms with E-state index < -0.39 is 0 Å². The minimum atomic E-state index is -0.0316. The maximum Gasteiger partial charge on any atom is 0.228 e. The van der Waals surface area contributed by atoms with Crippen LogP contribution in [0.4, 0.5) is 5.00 Å². The molecule has 128 valence electrons. The molecule has 1 aromatic carbocycles. The number of nitrogens with one attached hydrogen (secondary N) is 2. The highest BCUT2D eigenvalue weighted by molar-refractivity contribution is 7.16. The molecule has 1 aliphatic heterocycles. The van der Waals surface area contributed by atoms with Gasteiger partial charge in [-0.2, -0.15) is 5.26 Å². The van der Waals surface area contributed by atoms with Crippen molar-refractivity contribution >= 4 is 22.2 Å². The van der Waals surface area contributed by atoms with Crippen molar-refractivity contribution in [2.24, 2.45) is 5.92 Å². The zero-order chi connectivity index (χ0) is 17.4. The average molecular weight is 353 g/mol. The van der Waals surface area contributed by atoms with E-state index in [4.69, 9.17) is 4.74 Å². The zero-order valence-electron chi connectivity index (χ0n) is 14.0. The summed E-state index contributed by atoms with van der Waals surface area (Å²) in [5, 5.41) is 16.5. The lowest BCUT2D eigenvalue weighted by atomic mass is 10.0. The molecule has 0 bridgehead atoms. The Morgan fingerprint density at radius 3 is 3.16 bits per heavy atom. The fourth-order valence-electron chi connectivity index (χ4n) is 3.47. The average Bonchev–Trinajstić information content (AvgIpc) is 3.37. The van der Waals surface area contributed by atoms with Crippen LogP contribution in [0.3, 0.4) is 0 Å². The number of thiophene rings is 1. The van der Waals surface area contributed by atoms with E-state index in [1.54, 1.807) is 7.11 Å². The van der Waals surface area contributed by atoms with E-state index in [-0.39, 0.29) is 17.7 Å². The first-order valence-electron chi connectivity index (χ1n) is 8.41. The highest BCUT2D eigenvalue weighted by Crippen LogP contribution is 2.49. The molecule has 1 saturated carbocycles. The molecule has 25 heavy (non-hydrogen) atoms. The first kappa shape index (κ1) is 16.1. The lowest BCUT2D eigenvalue weighted by Gasteiger charge is -2.11. The van der Waals surface area contributed by atoms with Gasteiger partial charge in [-0.25, -0.2) is 0 Å². The summed E-state index contributed by atoms with van der Waals surface area (Å²) in [5.74, 6) is 1.03. The highest BCUT2D eigenvalue weighted by Gasteiger charge is 2.44. The Labute approximate surface area is 150 Å². The number of rotatable bonds is 4. The third-order valence-corrected chi connectivity index (χ3v) is 6.07. The summed E-state index contributed by atoms with van der Waals surface area (Å²) in [6.45, 7) is 1.66. The molecular weight excluding hydrogens is 334 g/mol. The molecule has 2 N–H and O–H groups in total. The number of anilines is 1. The second kappa shape index (κ2) is 6.51. The lowest BCUT2D eigenvalue weighted by Crippen LogP contribution is -2.22. The molecule has 0 saturated heterocycles. The monoisotopic (exact) mass is 353 g/mol. The fraction of sp³-hybridized carbons (Fsp3) is 0.368. The van der Waals surface area contributed by atoms with Crippen LogP contribution in [0.5, 0.6) is 5.75 Å².